The van der Waals surface area contributed by atoms with E-state index in [0.717, 1.165) is 26.1 Å². The average molecular weight is 256 g/mol. The minimum Gasteiger partial charge on any atom is -0.381 e. The van der Waals surface area contributed by atoms with Gasteiger partial charge in [-0.3, -0.25) is 11.3 Å². The Balaban J connectivity index is 2.26. The zero-order valence-electron chi connectivity index (χ0n) is 10.4. The van der Waals surface area contributed by atoms with Crippen molar-refractivity contribution < 1.29 is 9.47 Å². The van der Waals surface area contributed by atoms with Gasteiger partial charge in [0.15, 0.2) is 0 Å². The van der Waals surface area contributed by atoms with Crippen LogP contribution in [0.15, 0.2) is 11.4 Å². The van der Waals surface area contributed by atoms with Crippen LogP contribution in [0.25, 0.3) is 0 Å². The predicted octanol–water partition coefficient (Wildman–Crippen LogP) is 1.76. The summed E-state index contributed by atoms with van der Waals surface area (Å²) in [5.74, 6) is 5.74. The Hall–Kier alpha value is -0.460. The molecule has 1 unspecified atom stereocenters. The third-order valence-electron chi connectivity index (χ3n) is 3.52. The van der Waals surface area contributed by atoms with E-state index in [1.807, 2.05) is 0 Å². The van der Waals surface area contributed by atoms with Crippen LogP contribution in [0.3, 0.4) is 0 Å². The van der Waals surface area contributed by atoms with Crippen LogP contribution in [0, 0.1) is 6.92 Å². The Morgan fingerprint density at radius 1 is 1.53 bits per heavy atom. The first-order valence-electron chi connectivity index (χ1n) is 5.86. The van der Waals surface area contributed by atoms with Crippen molar-refractivity contribution in [2.45, 2.75) is 31.4 Å². The molecule has 3 N–H and O–H groups in total. The number of nitrogens with two attached hydrogens (primary N) is 1. The first-order chi connectivity index (χ1) is 8.22. The molecule has 1 atom stereocenters. The topological polar surface area (TPSA) is 56.5 Å². The summed E-state index contributed by atoms with van der Waals surface area (Å²) in [6, 6.07) is 2.20. The minimum atomic E-state index is -0.249. The number of aryl methyl sites for hydroxylation is 1. The Kier molecular flexibility index (Phi) is 4.17. The third-order valence-corrected chi connectivity index (χ3v) is 4.40. The largest absolute Gasteiger partial charge is 0.381 e. The van der Waals surface area contributed by atoms with E-state index in [0.29, 0.717) is 0 Å². The van der Waals surface area contributed by atoms with E-state index in [-0.39, 0.29) is 11.6 Å². The van der Waals surface area contributed by atoms with Crippen molar-refractivity contribution in [3.05, 3.63) is 21.9 Å². The van der Waals surface area contributed by atoms with Crippen LogP contribution in [0.1, 0.15) is 29.3 Å². The normalized spacial score (nSPS) is 21.4. The van der Waals surface area contributed by atoms with Crippen LogP contribution < -0.4 is 11.3 Å². The number of methoxy groups -OCH3 is 1. The molecule has 0 amide bonds. The first-order valence-corrected chi connectivity index (χ1v) is 6.74. The molecule has 1 fully saturated rings. The summed E-state index contributed by atoms with van der Waals surface area (Å²) in [4.78, 5) is 1.29. The SMILES string of the molecule is COC1(C(NN)c2csc(C)c2)CCOCC1. The number of ether oxygens (including phenoxy) is 2. The van der Waals surface area contributed by atoms with Crippen LogP contribution >= 0.6 is 11.3 Å². The molecule has 1 aliphatic heterocycles. The molecule has 0 radical (unpaired) electrons. The highest BCUT2D eigenvalue weighted by atomic mass is 32.1. The number of hydrogen-bond donors (Lipinski definition) is 2. The lowest BCUT2D eigenvalue weighted by molar-refractivity contribution is -0.111. The predicted molar refractivity (Wildman–Crippen MR) is 68.9 cm³/mol. The van der Waals surface area contributed by atoms with Gasteiger partial charge >= 0.3 is 0 Å². The lowest BCUT2D eigenvalue weighted by Gasteiger charge is -2.41. The maximum atomic E-state index is 5.78. The van der Waals surface area contributed by atoms with Gasteiger partial charge in [-0.1, -0.05) is 0 Å². The molecule has 2 rings (SSSR count). The highest BCUT2D eigenvalue weighted by Crippen LogP contribution is 2.38. The number of hydrazine groups is 1. The number of hydrogen-bond acceptors (Lipinski definition) is 5. The molecule has 0 bridgehead atoms. The summed E-state index contributed by atoms with van der Waals surface area (Å²) in [5.41, 5.74) is 3.88. The molecule has 5 heteroatoms. The molecular formula is C12H20N2O2S. The zero-order valence-corrected chi connectivity index (χ0v) is 11.2. The smallest absolute Gasteiger partial charge is 0.0929 e. The summed E-state index contributed by atoms with van der Waals surface area (Å²) < 4.78 is 11.2. The van der Waals surface area contributed by atoms with Gasteiger partial charge in [0.05, 0.1) is 11.6 Å². The van der Waals surface area contributed by atoms with Crippen molar-refractivity contribution in [3.8, 4) is 0 Å². The Morgan fingerprint density at radius 3 is 2.71 bits per heavy atom. The van der Waals surface area contributed by atoms with Crippen LogP contribution in [0.4, 0.5) is 0 Å². The van der Waals surface area contributed by atoms with Crippen molar-refractivity contribution in [1.82, 2.24) is 5.43 Å². The third kappa shape index (κ3) is 2.53. The second-order valence-electron chi connectivity index (χ2n) is 4.47. The molecule has 96 valence electrons. The molecule has 1 aliphatic rings. The fourth-order valence-electron chi connectivity index (χ4n) is 2.49. The van der Waals surface area contributed by atoms with Gasteiger partial charge in [0.25, 0.3) is 0 Å². The Bertz CT molecular complexity index is 361. The summed E-state index contributed by atoms with van der Waals surface area (Å²) in [6.45, 7) is 3.56. The summed E-state index contributed by atoms with van der Waals surface area (Å²) in [7, 11) is 1.76. The molecule has 1 aromatic heterocycles. The maximum absolute atomic E-state index is 5.78. The van der Waals surface area contributed by atoms with Crippen molar-refractivity contribution >= 4 is 11.3 Å². The Morgan fingerprint density at radius 2 is 2.24 bits per heavy atom. The monoisotopic (exact) mass is 256 g/mol. The summed E-state index contributed by atoms with van der Waals surface area (Å²) in [5, 5.41) is 2.15. The van der Waals surface area contributed by atoms with Crippen molar-refractivity contribution in [3.63, 3.8) is 0 Å². The molecule has 17 heavy (non-hydrogen) atoms. The van der Waals surface area contributed by atoms with Crippen molar-refractivity contribution in [2.24, 2.45) is 5.84 Å². The number of rotatable bonds is 4. The van der Waals surface area contributed by atoms with E-state index < -0.39 is 0 Å². The van der Waals surface area contributed by atoms with Crippen molar-refractivity contribution in [1.29, 1.82) is 0 Å². The van der Waals surface area contributed by atoms with E-state index >= 15 is 0 Å². The van der Waals surface area contributed by atoms with Gasteiger partial charge in [-0.2, -0.15) is 0 Å². The van der Waals surface area contributed by atoms with Gasteiger partial charge < -0.3 is 9.47 Å². The van der Waals surface area contributed by atoms with E-state index in [1.165, 1.54) is 10.4 Å². The average Bonchev–Trinajstić information content (AvgIpc) is 2.78. The molecular weight excluding hydrogens is 236 g/mol. The molecule has 0 aromatic carbocycles. The van der Waals surface area contributed by atoms with Crippen LogP contribution in [0.5, 0.6) is 0 Å². The second kappa shape index (κ2) is 5.46. The van der Waals surface area contributed by atoms with Gasteiger partial charge in [-0.25, -0.2) is 0 Å². The highest BCUT2D eigenvalue weighted by molar-refractivity contribution is 7.10. The number of thiophene rings is 1. The quantitative estimate of drug-likeness (QED) is 0.636. The summed E-state index contributed by atoms with van der Waals surface area (Å²) >= 11 is 1.74. The van der Waals surface area contributed by atoms with Crippen LogP contribution in [-0.4, -0.2) is 25.9 Å². The molecule has 0 aliphatic carbocycles. The number of nitrogens with one attached hydrogen (secondary N) is 1. The zero-order chi connectivity index (χ0) is 12.3. The second-order valence-corrected chi connectivity index (χ2v) is 5.59. The van der Waals surface area contributed by atoms with E-state index in [4.69, 9.17) is 15.3 Å². The fraction of sp³-hybridized carbons (Fsp3) is 0.667. The molecule has 1 saturated heterocycles. The van der Waals surface area contributed by atoms with E-state index in [9.17, 15) is 0 Å². The van der Waals surface area contributed by atoms with Gasteiger partial charge in [0.2, 0.25) is 0 Å². The lowest BCUT2D eigenvalue weighted by atomic mass is 9.83. The van der Waals surface area contributed by atoms with E-state index in [1.54, 1.807) is 18.4 Å². The fourth-order valence-corrected chi connectivity index (χ4v) is 3.22. The first kappa shape index (κ1) is 13.0. The molecule has 2 heterocycles. The van der Waals surface area contributed by atoms with Gasteiger partial charge in [-0.15, -0.1) is 11.3 Å². The maximum Gasteiger partial charge on any atom is 0.0929 e. The van der Waals surface area contributed by atoms with Crippen LogP contribution in [0.2, 0.25) is 0 Å². The van der Waals surface area contributed by atoms with Gasteiger partial charge in [0.1, 0.15) is 0 Å². The van der Waals surface area contributed by atoms with Crippen molar-refractivity contribution in [2.75, 3.05) is 20.3 Å². The molecule has 0 saturated carbocycles. The molecule has 4 nitrogen and oxygen atoms in total. The minimum absolute atomic E-state index is 0.0290. The van der Waals surface area contributed by atoms with E-state index in [2.05, 4.69) is 23.8 Å². The van der Waals surface area contributed by atoms with Gasteiger partial charge in [-0.05, 0) is 23.9 Å². The van der Waals surface area contributed by atoms with Crippen LogP contribution in [-0.2, 0) is 9.47 Å². The molecule has 0 spiro atoms. The van der Waals surface area contributed by atoms with Gasteiger partial charge in [0, 0.05) is 38.0 Å². The Labute approximate surface area is 106 Å². The summed E-state index contributed by atoms with van der Waals surface area (Å²) in [6.07, 6.45) is 1.74. The standard InChI is InChI=1S/C12H20N2O2S/c1-9-7-10(8-17-9)11(14-13)12(15-2)3-5-16-6-4-12/h7-8,11,14H,3-6,13H2,1-2H3. The highest BCUT2D eigenvalue weighted by Gasteiger charge is 2.41. The molecule has 1 aromatic rings. The lowest BCUT2D eigenvalue weighted by Crippen LogP contribution is -2.51.